The molecule has 1 aromatic carbocycles. The van der Waals surface area contributed by atoms with Crippen LogP contribution >= 0.6 is 22.9 Å². The van der Waals surface area contributed by atoms with Crippen molar-refractivity contribution in [1.29, 1.82) is 0 Å². The Morgan fingerprint density at radius 2 is 2.09 bits per heavy atom. The van der Waals surface area contributed by atoms with E-state index in [0.29, 0.717) is 45.2 Å². The summed E-state index contributed by atoms with van der Waals surface area (Å²) in [5.41, 5.74) is 1.63. The Balaban J connectivity index is 1.43. The lowest BCUT2D eigenvalue weighted by atomic mass is 9.92. The largest absolute Gasteiger partial charge is 0.466 e. The molecule has 2 aromatic heterocycles. The van der Waals surface area contributed by atoms with Gasteiger partial charge >= 0.3 is 12.5 Å². The first-order chi connectivity index (χ1) is 20.5. The lowest BCUT2D eigenvalue weighted by molar-refractivity contribution is -0.143. The number of amidine groups is 1. The Hall–Kier alpha value is -3.27. The van der Waals surface area contributed by atoms with Gasteiger partial charge in [0.05, 0.1) is 23.5 Å². The molecule has 3 aromatic rings. The molecule has 1 saturated carbocycles. The summed E-state index contributed by atoms with van der Waals surface area (Å²) >= 11 is 7.81. The summed E-state index contributed by atoms with van der Waals surface area (Å²) in [5.74, 6) is -0.702. The van der Waals surface area contributed by atoms with E-state index >= 15 is 0 Å². The zero-order valence-corrected chi connectivity index (χ0v) is 25.1. The normalized spacial score (nSPS) is 21.3. The minimum absolute atomic E-state index is 0.0805. The first-order valence-corrected chi connectivity index (χ1v) is 16.2. The number of aliphatic imine (C=N–C) groups is 1. The Morgan fingerprint density at radius 1 is 1.30 bits per heavy atom. The van der Waals surface area contributed by atoms with Gasteiger partial charge in [0, 0.05) is 58.6 Å². The quantitative estimate of drug-likeness (QED) is 0.308. The number of hydrogen-bond acceptors (Lipinski definition) is 9. The van der Waals surface area contributed by atoms with Crippen LogP contribution in [-0.2, 0) is 19.6 Å². The number of nitrogens with zero attached hydrogens (tertiary/aromatic N) is 5. The van der Waals surface area contributed by atoms with E-state index in [-0.39, 0.29) is 36.7 Å². The second-order valence-electron chi connectivity index (χ2n) is 10.5. The fourth-order valence-electron chi connectivity index (χ4n) is 5.53. The lowest BCUT2D eigenvalue weighted by Gasteiger charge is -2.32. The third-order valence-corrected chi connectivity index (χ3v) is 11.1. The Morgan fingerprint density at radius 3 is 2.72 bits per heavy atom. The van der Waals surface area contributed by atoms with Crippen LogP contribution in [0.15, 0.2) is 52.7 Å². The zero-order chi connectivity index (χ0) is 30.5. The molecular weight excluding hydrogens is 629 g/mol. The maximum atomic E-state index is 14.0. The van der Waals surface area contributed by atoms with E-state index in [1.54, 1.807) is 18.5 Å². The van der Waals surface area contributed by atoms with Gasteiger partial charge in [0.1, 0.15) is 11.9 Å². The highest BCUT2D eigenvalue weighted by molar-refractivity contribution is 7.91. The van der Waals surface area contributed by atoms with Crippen molar-refractivity contribution in [1.82, 2.24) is 24.4 Å². The van der Waals surface area contributed by atoms with E-state index in [1.807, 2.05) is 4.90 Å². The molecule has 43 heavy (non-hydrogen) atoms. The molecule has 0 amide bonds. The summed E-state index contributed by atoms with van der Waals surface area (Å²) in [5, 5.41) is 6.49. The number of fused-ring (bicyclic) bond motifs is 1. The summed E-state index contributed by atoms with van der Waals surface area (Å²) in [6.45, 7) is -0.928. The van der Waals surface area contributed by atoms with Crippen molar-refractivity contribution in [3.05, 3.63) is 74.8 Å². The third-order valence-electron chi connectivity index (χ3n) is 7.70. The van der Waals surface area contributed by atoms with Crippen LogP contribution in [-0.4, -0.2) is 63.8 Å². The molecule has 0 bridgehead atoms. The van der Waals surface area contributed by atoms with Crippen molar-refractivity contribution in [2.75, 3.05) is 13.2 Å². The van der Waals surface area contributed by atoms with Crippen LogP contribution in [0.1, 0.15) is 61.5 Å². The molecule has 0 radical (unpaired) electrons. The van der Waals surface area contributed by atoms with E-state index in [9.17, 15) is 26.4 Å². The monoisotopic (exact) mass is 654 g/mol. The first-order valence-electron chi connectivity index (χ1n) is 13.5. The van der Waals surface area contributed by atoms with E-state index in [2.05, 4.69) is 14.8 Å². The molecule has 2 atom stereocenters. The summed E-state index contributed by atoms with van der Waals surface area (Å²) in [6, 6.07) is 3.75. The predicted molar refractivity (Wildman–Crippen MR) is 154 cm³/mol. The molecule has 1 saturated heterocycles. The highest BCUT2D eigenvalue weighted by Gasteiger charge is 2.57. The lowest BCUT2D eigenvalue weighted by Crippen LogP contribution is -2.45. The molecule has 10 nitrogen and oxygen atoms in total. The smallest absolute Gasteiger partial charge is 0.333 e. The van der Waals surface area contributed by atoms with E-state index in [0.717, 1.165) is 12.3 Å². The van der Waals surface area contributed by atoms with Gasteiger partial charge in [0.15, 0.2) is 10.8 Å². The van der Waals surface area contributed by atoms with Crippen LogP contribution in [0.2, 0.25) is 5.02 Å². The van der Waals surface area contributed by atoms with Crippen molar-refractivity contribution in [2.45, 2.75) is 56.0 Å². The van der Waals surface area contributed by atoms with Gasteiger partial charge in [-0.05, 0) is 38.0 Å². The fourth-order valence-corrected chi connectivity index (χ4v) is 8.24. The number of carbonyl (C=O) groups excluding carboxylic acids is 1. The van der Waals surface area contributed by atoms with Crippen LogP contribution in [0.5, 0.6) is 0 Å². The Bertz CT molecular complexity index is 1720. The number of carbonyl (C=O) groups is 1. The summed E-state index contributed by atoms with van der Waals surface area (Å²) < 4.78 is 75.4. The van der Waals surface area contributed by atoms with E-state index < -0.39 is 45.2 Å². The van der Waals surface area contributed by atoms with Gasteiger partial charge in [-0.3, -0.25) is 9.79 Å². The first kappa shape index (κ1) is 29.8. The Labute approximate surface area is 254 Å². The number of thiazole rings is 1. The Kier molecular flexibility index (Phi) is 7.85. The SMILES string of the molecule is CCOC(=O)CC1(S(=O)(=O)N[C@H]2CC3=C(c4ccn(C(F)F)n4)[C@H](c4ccc(F)cc4Cl)N=C(c4nccs4)N3C2)CC1. The van der Waals surface area contributed by atoms with Gasteiger partial charge in [-0.15, -0.1) is 11.3 Å². The number of aromatic nitrogens is 3. The van der Waals surface area contributed by atoms with Gasteiger partial charge in [-0.2, -0.15) is 13.9 Å². The van der Waals surface area contributed by atoms with E-state index in [1.165, 1.54) is 29.5 Å². The average molecular weight is 655 g/mol. The second kappa shape index (κ2) is 11.3. The van der Waals surface area contributed by atoms with Crippen LogP contribution < -0.4 is 4.72 Å². The van der Waals surface area contributed by atoms with Crippen LogP contribution in [0, 0.1) is 5.82 Å². The van der Waals surface area contributed by atoms with Gasteiger partial charge in [0.25, 0.3) is 0 Å². The van der Waals surface area contributed by atoms with Crippen LogP contribution in [0.3, 0.4) is 0 Å². The molecule has 0 spiro atoms. The van der Waals surface area contributed by atoms with Crippen molar-refractivity contribution in [3.8, 4) is 0 Å². The zero-order valence-electron chi connectivity index (χ0n) is 22.7. The number of benzene rings is 1. The average Bonchev–Trinajstić information content (AvgIpc) is 3.33. The standard InChI is InChI=1S/C27H26ClF3N6O4S2/c1-2-41-21(38)13-27(6-7-27)43(39,40)35-16-12-20-22(19-5-9-37(34-19)26(30)31)23(17-4-3-15(29)11-18(17)28)33-24(36(20)14-16)25-32-8-10-42-25/h3-5,8-11,16,23,26,35H,2,6-7,12-14H2,1H3/t16-,23-/m0/s1. The minimum atomic E-state index is -3.96. The van der Waals surface area contributed by atoms with Crippen molar-refractivity contribution >= 4 is 50.3 Å². The van der Waals surface area contributed by atoms with E-state index in [4.69, 9.17) is 21.3 Å². The van der Waals surface area contributed by atoms with Gasteiger partial charge in [0.2, 0.25) is 10.0 Å². The van der Waals surface area contributed by atoms with Gasteiger partial charge in [-0.1, -0.05) is 17.7 Å². The van der Waals surface area contributed by atoms with Crippen molar-refractivity contribution in [2.24, 2.45) is 4.99 Å². The van der Waals surface area contributed by atoms with Crippen molar-refractivity contribution in [3.63, 3.8) is 0 Å². The maximum Gasteiger partial charge on any atom is 0.333 e. The summed E-state index contributed by atoms with van der Waals surface area (Å²) in [6.07, 6.45) is 3.31. The predicted octanol–water partition coefficient (Wildman–Crippen LogP) is 4.92. The minimum Gasteiger partial charge on any atom is -0.466 e. The summed E-state index contributed by atoms with van der Waals surface area (Å²) in [7, 11) is -3.96. The molecule has 2 aliphatic heterocycles. The molecule has 2 fully saturated rings. The summed E-state index contributed by atoms with van der Waals surface area (Å²) in [4.78, 5) is 23.3. The number of rotatable bonds is 10. The topological polar surface area (TPSA) is 119 Å². The maximum absolute atomic E-state index is 14.0. The highest BCUT2D eigenvalue weighted by atomic mass is 35.5. The third kappa shape index (κ3) is 5.58. The highest BCUT2D eigenvalue weighted by Crippen LogP contribution is 2.49. The van der Waals surface area contributed by atoms with Crippen molar-refractivity contribution < 1.29 is 31.1 Å². The molecule has 16 heteroatoms. The number of ether oxygens (including phenoxy) is 1. The molecule has 0 unspecified atom stereocenters. The number of nitrogens with one attached hydrogen (secondary N) is 1. The number of alkyl halides is 2. The number of sulfonamides is 1. The number of esters is 1. The van der Waals surface area contributed by atoms with Gasteiger partial charge in [-0.25, -0.2) is 27.2 Å². The molecular formula is C27H26ClF3N6O4S2. The van der Waals surface area contributed by atoms with Gasteiger partial charge < -0.3 is 9.64 Å². The molecule has 6 rings (SSSR count). The second-order valence-corrected chi connectivity index (χ2v) is 13.9. The molecule has 3 aliphatic rings. The van der Waals surface area contributed by atoms with Crippen LogP contribution in [0.4, 0.5) is 13.2 Å². The number of halogens is 4. The molecule has 4 heterocycles. The number of hydrogen-bond donors (Lipinski definition) is 1. The van der Waals surface area contributed by atoms with Crippen LogP contribution in [0.25, 0.3) is 5.57 Å². The molecule has 1 N–H and O–H groups in total. The fraction of sp³-hybridized carbons (Fsp3) is 0.407. The molecule has 228 valence electrons. The molecule has 1 aliphatic carbocycles.